The maximum Gasteiger partial charge on any atom is 0.336 e. The smallest absolute Gasteiger partial charge is 0.336 e. The van der Waals surface area contributed by atoms with Crippen LogP contribution < -0.4 is 4.72 Å². The van der Waals surface area contributed by atoms with E-state index in [0.29, 0.717) is 5.01 Å². The fourth-order valence-corrected chi connectivity index (χ4v) is 3.14. The Hall–Kier alpha value is -1.03. The van der Waals surface area contributed by atoms with Crippen LogP contribution in [0, 0.1) is 6.92 Å². The van der Waals surface area contributed by atoms with Gasteiger partial charge >= 0.3 is 5.97 Å². The summed E-state index contributed by atoms with van der Waals surface area (Å²) >= 11 is 1.00. The lowest BCUT2D eigenvalue weighted by molar-refractivity contribution is -0.149. The molecule has 0 spiro atoms. The highest BCUT2D eigenvalue weighted by atomic mass is 32.2. The van der Waals surface area contributed by atoms with Gasteiger partial charge in [0.05, 0.1) is 18.3 Å². The Kier molecular flexibility index (Phi) is 4.57. The largest absolute Gasteiger partial charge is 0.467 e. The van der Waals surface area contributed by atoms with Crippen LogP contribution in [-0.4, -0.2) is 44.2 Å². The molecule has 17 heavy (non-hydrogen) atoms. The minimum atomic E-state index is -3.74. The zero-order valence-corrected chi connectivity index (χ0v) is 10.8. The monoisotopic (exact) mass is 280 g/mol. The van der Waals surface area contributed by atoms with E-state index in [9.17, 15) is 18.3 Å². The predicted molar refractivity (Wildman–Crippen MR) is 60.1 cm³/mol. The SMILES string of the molecule is COC(=O)C(O)CNS(=O)(=O)c1cnc(C)s1. The minimum Gasteiger partial charge on any atom is -0.467 e. The minimum absolute atomic E-state index is 0.0343. The molecule has 7 nitrogen and oxygen atoms in total. The van der Waals surface area contributed by atoms with Gasteiger partial charge in [0.2, 0.25) is 0 Å². The fraction of sp³-hybridized carbons (Fsp3) is 0.500. The molecule has 1 heterocycles. The summed E-state index contributed by atoms with van der Waals surface area (Å²) in [5.41, 5.74) is 0. The molecule has 0 aliphatic heterocycles. The van der Waals surface area contributed by atoms with Crippen molar-refractivity contribution in [2.75, 3.05) is 13.7 Å². The number of aliphatic hydroxyl groups excluding tert-OH is 1. The molecule has 0 aliphatic rings. The molecule has 1 unspecified atom stereocenters. The summed E-state index contributed by atoms with van der Waals surface area (Å²) in [6.07, 6.45) is -0.309. The molecule has 96 valence electrons. The summed E-state index contributed by atoms with van der Waals surface area (Å²) in [7, 11) is -2.63. The lowest BCUT2D eigenvalue weighted by Crippen LogP contribution is -2.36. The van der Waals surface area contributed by atoms with Crippen molar-refractivity contribution in [2.45, 2.75) is 17.2 Å². The lowest BCUT2D eigenvalue weighted by Gasteiger charge is -2.08. The van der Waals surface area contributed by atoms with Crippen molar-refractivity contribution in [1.29, 1.82) is 0 Å². The number of rotatable bonds is 5. The van der Waals surface area contributed by atoms with Crippen LogP contribution >= 0.6 is 11.3 Å². The number of hydrogen-bond donors (Lipinski definition) is 2. The maximum atomic E-state index is 11.7. The van der Waals surface area contributed by atoms with Gasteiger partial charge in [-0.25, -0.2) is 22.9 Å². The second-order valence-corrected chi connectivity index (χ2v) is 6.32. The maximum absolute atomic E-state index is 11.7. The molecule has 1 aromatic heterocycles. The number of methoxy groups -OCH3 is 1. The molecule has 0 fully saturated rings. The van der Waals surface area contributed by atoms with E-state index < -0.39 is 28.6 Å². The highest BCUT2D eigenvalue weighted by Crippen LogP contribution is 2.17. The molecule has 0 bridgehead atoms. The molecule has 0 saturated carbocycles. The number of sulfonamides is 1. The number of carbonyl (C=O) groups is 1. The summed E-state index contributed by atoms with van der Waals surface area (Å²) in [6.45, 7) is 1.24. The second kappa shape index (κ2) is 5.54. The zero-order valence-electron chi connectivity index (χ0n) is 9.21. The lowest BCUT2D eigenvalue weighted by atomic mass is 10.4. The highest BCUT2D eigenvalue weighted by Gasteiger charge is 2.21. The Morgan fingerprint density at radius 2 is 2.35 bits per heavy atom. The molecule has 1 aromatic rings. The number of nitrogens with one attached hydrogen (secondary N) is 1. The molecule has 1 atom stereocenters. The predicted octanol–water partition coefficient (Wildman–Crippen LogP) is -0.736. The van der Waals surface area contributed by atoms with Crippen LogP contribution in [0.1, 0.15) is 5.01 Å². The van der Waals surface area contributed by atoms with Crippen molar-refractivity contribution in [3.63, 3.8) is 0 Å². The van der Waals surface area contributed by atoms with Gasteiger partial charge in [0.25, 0.3) is 10.0 Å². The van der Waals surface area contributed by atoms with E-state index in [2.05, 4.69) is 14.4 Å². The number of esters is 1. The summed E-state index contributed by atoms with van der Waals surface area (Å²) in [6, 6.07) is 0. The van der Waals surface area contributed by atoms with E-state index in [0.717, 1.165) is 18.4 Å². The van der Waals surface area contributed by atoms with Gasteiger partial charge in [0.15, 0.2) is 10.3 Å². The molecule has 9 heteroatoms. The Morgan fingerprint density at radius 3 is 2.82 bits per heavy atom. The van der Waals surface area contributed by atoms with Crippen LogP contribution in [0.15, 0.2) is 10.4 Å². The Labute approximate surface area is 102 Å². The van der Waals surface area contributed by atoms with Gasteiger partial charge in [-0.05, 0) is 6.92 Å². The van der Waals surface area contributed by atoms with Crippen molar-refractivity contribution < 1.29 is 23.1 Å². The highest BCUT2D eigenvalue weighted by molar-refractivity contribution is 7.91. The first-order valence-electron chi connectivity index (χ1n) is 4.55. The van der Waals surface area contributed by atoms with E-state index in [1.807, 2.05) is 0 Å². The first-order chi connectivity index (χ1) is 7.86. The van der Waals surface area contributed by atoms with Gasteiger partial charge in [-0.15, -0.1) is 11.3 Å². The van der Waals surface area contributed by atoms with Crippen LogP contribution in [0.4, 0.5) is 0 Å². The van der Waals surface area contributed by atoms with E-state index in [-0.39, 0.29) is 4.21 Å². The third-order valence-corrected chi connectivity index (χ3v) is 4.60. The molecule has 2 N–H and O–H groups in total. The molecule has 1 rings (SSSR count). The Bertz CT molecular complexity index is 496. The fourth-order valence-electron chi connectivity index (χ4n) is 0.945. The first-order valence-corrected chi connectivity index (χ1v) is 6.85. The number of aromatic nitrogens is 1. The van der Waals surface area contributed by atoms with Crippen molar-refractivity contribution in [3.05, 3.63) is 11.2 Å². The van der Waals surface area contributed by atoms with Gasteiger partial charge in [-0.2, -0.15) is 0 Å². The average Bonchev–Trinajstić information content (AvgIpc) is 2.72. The van der Waals surface area contributed by atoms with E-state index in [4.69, 9.17) is 0 Å². The summed E-state index contributed by atoms with van der Waals surface area (Å²) in [5, 5.41) is 9.83. The quantitative estimate of drug-likeness (QED) is 0.688. The number of hydrogen-bond acceptors (Lipinski definition) is 7. The molecule has 0 amide bonds. The van der Waals surface area contributed by atoms with Gasteiger partial charge in [-0.1, -0.05) is 0 Å². The number of ether oxygens (including phenoxy) is 1. The number of aliphatic hydroxyl groups is 1. The summed E-state index contributed by atoms with van der Waals surface area (Å²) in [4.78, 5) is 14.7. The normalized spacial score (nSPS) is 13.4. The van der Waals surface area contributed by atoms with Gasteiger partial charge in [0.1, 0.15) is 0 Å². The van der Waals surface area contributed by atoms with Crippen LogP contribution in [0.5, 0.6) is 0 Å². The standard InChI is InChI=1S/C8H12N2O5S2/c1-5-9-4-7(16-5)17(13,14)10-3-6(11)8(12)15-2/h4,6,10-11H,3H2,1-2H3. The molecule has 0 aromatic carbocycles. The van der Waals surface area contributed by atoms with E-state index in [1.54, 1.807) is 6.92 Å². The number of carbonyl (C=O) groups excluding carboxylic acids is 1. The third-order valence-electron chi connectivity index (χ3n) is 1.80. The Morgan fingerprint density at radius 1 is 1.71 bits per heavy atom. The van der Waals surface area contributed by atoms with Crippen molar-refractivity contribution in [2.24, 2.45) is 0 Å². The van der Waals surface area contributed by atoms with Gasteiger partial charge in [-0.3, -0.25) is 0 Å². The summed E-state index contributed by atoms with van der Waals surface area (Å²) in [5.74, 6) is -0.895. The molecular weight excluding hydrogens is 268 g/mol. The number of aryl methyl sites for hydroxylation is 1. The molecular formula is C8H12N2O5S2. The average molecular weight is 280 g/mol. The van der Waals surface area contributed by atoms with Crippen molar-refractivity contribution >= 4 is 27.3 Å². The van der Waals surface area contributed by atoms with Crippen molar-refractivity contribution in [3.8, 4) is 0 Å². The zero-order chi connectivity index (χ0) is 13.1. The van der Waals surface area contributed by atoms with E-state index >= 15 is 0 Å². The first kappa shape index (κ1) is 14.0. The molecule has 0 radical (unpaired) electrons. The van der Waals surface area contributed by atoms with Crippen molar-refractivity contribution in [1.82, 2.24) is 9.71 Å². The van der Waals surface area contributed by atoms with Crippen LogP contribution in [0.3, 0.4) is 0 Å². The van der Waals surface area contributed by atoms with Gasteiger partial charge < -0.3 is 9.84 Å². The van der Waals surface area contributed by atoms with E-state index in [1.165, 1.54) is 6.20 Å². The van der Waals surface area contributed by atoms with Crippen LogP contribution in [0.2, 0.25) is 0 Å². The molecule has 0 aliphatic carbocycles. The number of thiazole rings is 1. The topological polar surface area (TPSA) is 106 Å². The summed E-state index contributed by atoms with van der Waals surface area (Å²) < 4.78 is 29.7. The molecule has 0 saturated heterocycles. The van der Waals surface area contributed by atoms with Crippen LogP contribution in [0.25, 0.3) is 0 Å². The van der Waals surface area contributed by atoms with Gasteiger partial charge in [0, 0.05) is 6.54 Å². The third kappa shape index (κ3) is 3.73. The Balaban J connectivity index is 2.66. The van der Waals surface area contributed by atoms with Crippen LogP contribution in [-0.2, 0) is 19.6 Å². The second-order valence-electron chi connectivity index (χ2n) is 3.09. The number of nitrogens with zero attached hydrogens (tertiary/aromatic N) is 1.